The van der Waals surface area contributed by atoms with Crippen molar-refractivity contribution in [2.75, 3.05) is 0 Å². The minimum atomic E-state index is -0.104. The second-order valence-corrected chi connectivity index (χ2v) is 1.29. The summed E-state index contributed by atoms with van der Waals surface area (Å²) in [6, 6.07) is 0. The Kier molecular flexibility index (Phi) is 6.60. The van der Waals surface area contributed by atoms with Crippen LogP contribution in [-0.4, -0.2) is 11.1 Å². The fourth-order valence-corrected chi connectivity index (χ4v) is 0.233. The Morgan fingerprint density at radius 2 is 1.62 bits per heavy atom. The average molecular weight is 184 g/mol. The molecule has 0 aliphatic carbocycles. The molecule has 0 atom stereocenters. The van der Waals surface area contributed by atoms with Crippen molar-refractivity contribution < 1.29 is 19.5 Å². The molecule has 0 spiro atoms. The molecule has 0 amide bonds. The normalized spacial score (nSPS) is 6.50. The molecular formula is C2H6N4SZn. The third-order valence-corrected chi connectivity index (χ3v) is 0.331. The van der Waals surface area contributed by atoms with Crippen LogP contribution in [0.25, 0.3) is 0 Å². The first-order chi connectivity index (χ1) is 3.13. The van der Waals surface area contributed by atoms with E-state index in [1.54, 1.807) is 0 Å². The smallest absolute Gasteiger partial charge is 0.193 e. The molecule has 0 radical (unpaired) electrons. The van der Waals surface area contributed by atoms with Gasteiger partial charge in [-0.05, 0) is 12.2 Å². The molecule has 0 heterocycles. The molecule has 8 heavy (non-hydrogen) atoms. The van der Waals surface area contributed by atoms with Crippen molar-refractivity contribution in [2.45, 2.75) is 0 Å². The van der Waals surface area contributed by atoms with Gasteiger partial charge in [-0.1, -0.05) is 0 Å². The summed E-state index contributed by atoms with van der Waals surface area (Å²) in [5.74, 6) is -0.104. The van der Waals surface area contributed by atoms with Gasteiger partial charge in [0.15, 0.2) is 11.1 Å². The molecule has 0 aromatic carbocycles. The molecule has 0 unspecified atom stereocenters. The minimum Gasteiger partial charge on any atom is -0.374 e. The molecule has 0 aromatic heterocycles. The number of hydrogen-bond acceptors (Lipinski definition) is 1. The van der Waals surface area contributed by atoms with E-state index in [2.05, 4.69) is 17.2 Å². The van der Waals surface area contributed by atoms with E-state index < -0.39 is 0 Å². The largest absolute Gasteiger partial charge is 0.374 e. The first-order valence-corrected chi connectivity index (χ1v) is 1.93. The van der Waals surface area contributed by atoms with Crippen molar-refractivity contribution in [3.8, 4) is 0 Å². The van der Waals surface area contributed by atoms with Gasteiger partial charge in [0, 0.05) is 19.5 Å². The number of rotatable bonds is 0. The number of thiocarbonyl (C=S) groups is 1. The van der Waals surface area contributed by atoms with E-state index in [0.29, 0.717) is 0 Å². The van der Waals surface area contributed by atoms with Crippen LogP contribution < -0.4 is 17.2 Å². The Labute approximate surface area is 65.3 Å². The zero-order valence-corrected chi connectivity index (χ0v) is 8.08. The van der Waals surface area contributed by atoms with Gasteiger partial charge in [-0.15, -0.1) is 0 Å². The van der Waals surface area contributed by atoms with Crippen LogP contribution >= 0.6 is 12.2 Å². The average Bonchev–Trinajstić information content (AvgIpc) is 1.27. The Hall–Kier alpha value is -0.217. The van der Waals surface area contributed by atoms with Crippen molar-refractivity contribution in [1.29, 1.82) is 0 Å². The molecule has 6 heteroatoms. The molecule has 0 aliphatic rings. The molecule has 42 valence electrons. The molecular weight excluding hydrogens is 178 g/mol. The Balaban J connectivity index is 0. The Morgan fingerprint density at radius 1 is 1.25 bits per heavy atom. The van der Waals surface area contributed by atoms with Gasteiger partial charge in [-0.2, -0.15) is 4.99 Å². The summed E-state index contributed by atoms with van der Waals surface area (Å²) in [6.07, 6.45) is 0. The Morgan fingerprint density at radius 3 is 1.62 bits per heavy atom. The van der Waals surface area contributed by atoms with Crippen LogP contribution in [-0.2, 0) is 19.5 Å². The van der Waals surface area contributed by atoms with Crippen molar-refractivity contribution in [3.63, 3.8) is 0 Å². The maximum atomic E-state index is 4.88. The summed E-state index contributed by atoms with van der Waals surface area (Å²) < 4.78 is 0. The van der Waals surface area contributed by atoms with Gasteiger partial charge in [-0.3, -0.25) is 0 Å². The van der Waals surface area contributed by atoms with E-state index in [1.807, 2.05) is 0 Å². The zero-order chi connectivity index (χ0) is 5.86. The molecule has 6 N–H and O–H groups in total. The SMILES string of the molecule is NC(=S)N=C(N)N.[Zn]. The summed E-state index contributed by atoms with van der Waals surface area (Å²) >= 11 is 4.30. The number of aliphatic imine (C=N–C) groups is 1. The Bertz CT molecular complexity index is 107. The van der Waals surface area contributed by atoms with Gasteiger partial charge >= 0.3 is 0 Å². The van der Waals surface area contributed by atoms with Crippen LogP contribution in [0.5, 0.6) is 0 Å². The molecule has 0 aromatic rings. The van der Waals surface area contributed by atoms with Crippen molar-refractivity contribution in [1.82, 2.24) is 0 Å². The molecule has 0 fully saturated rings. The maximum Gasteiger partial charge on any atom is 0.193 e. The van der Waals surface area contributed by atoms with Crippen LogP contribution in [0.1, 0.15) is 0 Å². The van der Waals surface area contributed by atoms with Crippen molar-refractivity contribution >= 4 is 23.3 Å². The van der Waals surface area contributed by atoms with E-state index in [9.17, 15) is 0 Å². The van der Waals surface area contributed by atoms with Crippen LogP contribution in [0.15, 0.2) is 4.99 Å². The molecule has 0 saturated heterocycles. The quantitative estimate of drug-likeness (QED) is 0.185. The first-order valence-electron chi connectivity index (χ1n) is 1.52. The number of nitrogens with zero attached hydrogens (tertiary/aromatic N) is 1. The molecule has 0 bridgehead atoms. The molecule has 0 rings (SSSR count). The molecule has 0 aliphatic heterocycles. The third kappa shape index (κ3) is 9.24. The first kappa shape index (κ1) is 10.7. The number of guanidine groups is 1. The van der Waals surface area contributed by atoms with E-state index in [0.717, 1.165) is 0 Å². The standard InChI is InChI=1S/C2H6N4S.Zn/c3-1(4)6-2(5)7;/h(H6,3,4,5,6,7);. The van der Waals surface area contributed by atoms with Gasteiger partial charge in [-0.25, -0.2) is 0 Å². The van der Waals surface area contributed by atoms with E-state index in [-0.39, 0.29) is 30.5 Å². The van der Waals surface area contributed by atoms with Crippen LogP contribution in [0.3, 0.4) is 0 Å². The van der Waals surface area contributed by atoms with Gasteiger partial charge in [0.25, 0.3) is 0 Å². The second-order valence-electron chi connectivity index (χ2n) is 0.875. The summed E-state index contributed by atoms with van der Waals surface area (Å²) in [6.45, 7) is 0. The molecule has 0 saturated carbocycles. The maximum absolute atomic E-state index is 4.88. The zero-order valence-electron chi connectivity index (χ0n) is 4.29. The summed E-state index contributed by atoms with van der Waals surface area (Å²) in [7, 11) is 0. The van der Waals surface area contributed by atoms with E-state index in [1.165, 1.54) is 0 Å². The van der Waals surface area contributed by atoms with Gasteiger partial charge in [0.05, 0.1) is 0 Å². The van der Waals surface area contributed by atoms with E-state index in [4.69, 9.17) is 17.2 Å². The monoisotopic (exact) mass is 182 g/mol. The summed E-state index contributed by atoms with van der Waals surface area (Å²) in [5, 5.41) is -0.0417. The number of hydrogen-bond donors (Lipinski definition) is 3. The fraction of sp³-hybridized carbons (Fsp3) is 0. The molecule has 4 nitrogen and oxygen atoms in total. The third-order valence-electron chi connectivity index (χ3n) is 0.239. The van der Waals surface area contributed by atoms with E-state index >= 15 is 0 Å². The minimum absolute atomic E-state index is 0. The van der Waals surface area contributed by atoms with Crippen LogP contribution in [0.4, 0.5) is 0 Å². The summed E-state index contributed by atoms with van der Waals surface area (Å²) in [4.78, 5) is 3.26. The van der Waals surface area contributed by atoms with Crippen LogP contribution in [0.2, 0.25) is 0 Å². The second kappa shape index (κ2) is 4.93. The predicted octanol–water partition coefficient (Wildman–Crippen LogP) is -1.50. The topological polar surface area (TPSA) is 90.4 Å². The van der Waals surface area contributed by atoms with Gasteiger partial charge < -0.3 is 17.2 Å². The predicted molar refractivity (Wildman–Crippen MR) is 32.6 cm³/mol. The van der Waals surface area contributed by atoms with Gasteiger partial charge in [0.1, 0.15) is 0 Å². The van der Waals surface area contributed by atoms with Gasteiger partial charge in [0.2, 0.25) is 0 Å². The van der Waals surface area contributed by atoms with Crippen LogP contribution in [0, 0.1) is 0 Å². The fourth-order valence-electron chi connectivity index (χ4n) is 0.127. The summed E-state index contributed by atoms with van der Waals surface area (Å²) in [5.41, 5.74) is 14.6. The van der Waals surface area contributed by atoms with Crippen molar-refractivity contribution in [3.05, 3.63) is 0 Å². The van der Waals surface area contributed by atoms with Crippen molar-refractivity contribution in [2.24, 2.45) is 22.2 Å². The number of nitrogens with two attached hydrogens (primary N) is 3.